The van der Waals surface area contributed by atoms with Crippen LogP contribution in [0.3, 0.4) is 0 Å². The first kappa shape index (κ1) is 15.8. The molecule has 0 bridgehead atoms. The first-order chi connectivity index (χ1) is 9.63. The van der Waals surface area contributed by atoms with E-state index >= 15 is 0 Å². The molecule has 106 valence electrons. The molecule has 20 heavy (non-hydrogen) atoms. The van der Waals surface area contributed by atoms with E-state index in [0.29, 0.717) is 5.02 Å². The van der Waals surface area contributed by atoms with Gasteiger partial charge in [-0.3, -0.25) is 4.98 Å². The van der Waals surface area contributed by atoms with Gasteiger partial charge in [0.15, 0.2) is 0 Å². The number of rotatable bonds is 5. The fraction of sp³-hybridized carbons (Fsp3) is 0.267. The van der Waals surface area contributed by atoms with Crippen LogP contribution < -0.4 is 5.32 Å². The van der Waals surface area contributed by atoms with Crippen molar-refractivity contribution in [3.63, 3.8) is 0 Å². The lowest BCUT2D eigenvalue weighted by molar-refractivity contribution is 0.549. The Labute approximate surface area is 137 Å². The summed E-state index contributed by atoms with van der Waals surface area (Å²) in [5.41, 5.74) is 2.12. The smallest absolute Gasteiger partial charge is 0.0622 e. The molecule has 1 heterocycles. The molecule has 1 aromatic carbocycles. The van der Waals surface area contributed by atoms with Crippen LogP contribution in [0.4, 0.5) is 0 Å². The van der Waals surface area contributed by atoms with E-state index in [1.165, 1.54) is 0 Å². The van der Waals surface area contributed by atoms with E-state index in [0.717, 1.165) is 33.6 Å². The molecular formula is C15H15BrCl2N2. The first-order valence-corrected chi connectivity index (χ1v) is 7.94. The van der Waals surface area contributed by atoms with E-state index in [2.05, 4.69) is 33.2 Å². The van der Waals surface area contributed by atoms with Crippen LogP contribution in [0.15, 0.2) is 41.1 Å². The van der Waals surface area contributed by atoms with E-state index in [9.17, 15) is 0 Å². The Morgan fingerprint density at radius 1 is 1.30 bits per heavy atom. The minimum atomic E-state index is 0.116. The van der Waals surface area contributed by atoms with Crippen LogP contribution in [0.5, 0.6) is 0 Å². The number of halogens is 3. The number of aromatic nitrogens is 1. The lowest BCUT2D eigenvalue weighted by Gasteiger charge is -2.20. The van der Waals surface area contributed by atoms with Crippen molar-refractivity contribution in [1.29, 1.82) is 0 Å². The van der Waals surface area contributed by atoms with Crippen molar-refractivity contribution in [1.82, 2.24) is 10.3 Å². The molecule has 2 rings (SSSR count). The second-order valence-electron chi connectivity index (χ2n) is 4.42. The van der Waals surface area contributed by atoms with Crippen LogP contribution in [0.2, 0.25) is 10.0 Å². The highest BCUT2D eigenvalue weighted by atomic mass is 79.9. The molecule has 0 spiro atoms. The Bertz CT molecular complexity index is 590. The minimum absolute atomic E-state index is 0.116. The van der Waals surface area contributed by atoms with Gasteiger partial charge in [-0.15, -0.1) is 0 Å². The topological polar surface area (TPSA) is 24.9 Å². The molecule has 1 N–H and O–H groups in total. The van der Waals surface area contributed by atoms with Gasteiger partial charge in [-0.1, -0.05) is 42.3 Å². The summed E-state index contributed by atoms with van der Waals surface area (Å²) >= 11 is 16.1. The molecule has 5 heteroatoms. The van der Waals surface area contributed by atoms with Crippen LogP contribution in [0.25, 0.3) is 0 Å². The summed E-state index contributed by atoms with van der Waals surface area (Å²) < 4.78 is 0.903. The second kappa shape index (κ2) is 7.41. The van der Waals surface area contributed by atoms with Crippen molar-refractivity contribution in [3.8, 4) is 0 Å². The molecule has 2 nitrogen and oxygen atoms in total. The number of likely N-dealkylation sites (N-methyl/N-ethyl adjacent to an activating group) is 1. The molecule has 0 saturated heterocycles. The summed E-state index contributed by atoms with van der Waals surface area (Å²) in [5.74, 6) is 0. The fourth-order valence-corrected chi connectivity index (χ4v) is 2.95. The highest BCUT2D eigenvalue weighted by molar-refractivity contribution is 9.10. The number of hydrogen-bond acceptors (Lipinski definition) is 2. The van der Waals surface area contributed by atoms with E-state index in [1.807, 2.05) is 24.3 Å². The molecule has 0 aliphatic carbocycles. The molecule has 0 fully saturated rings. The summed E-state index contributed by atoms with van der Waals surface area (Å²) in [6.07, 6.45) is 4.19. The van der Waals surface area contributed by atoms with Gasteiger partial charge < -0.3 is 5.32 Å². The fourth-order valence-electron chi connectivity index (χ4n) is 2.12. The summed E-state index contributed by atoms with van der Waals surface area (Å²) in [6, 6.07) is 8.02. The van der Waals surface area contributed by atoms with Gasteiger partial charge in [0, 0.05) is 22.9 Å². The lowest BCUT2D eigenvalue weighted by atomic mass is 9.99. The van der Waals surface area contributed by atoms with Gasteiger partial charge >= 0.3 is 0 Å². The molecule has 0 amide bonds. The molecule has 0 aliphatic rings. The van der Waals surface area contributed by atoms with Gasteiger partial charge in [0.25, 0.3) is 0 Å². The summed E-state index contributed by atoms with van der Waals surface area (Å²) in [6.45, 7) is 2.93. The SMILES string of the molecule is CCNC(Cc1ccncc1Cl)c1cccc(Br)c1Cl. The number of nitrogens with zero attached hydrogens (tertiary/aromatic N) is 1. The normalized spacial score (nSPS) is 12.4. The van der Waals surface area contributed by atoms with Gasteiger partial charge in [-0.05, 0) is 52.2 Å². The minimum Gasteiger partial charge on any atom is -0.310 e. The van der Waals surface area contributed by atoms with E-state index in [4.69, 9.17) is 23.2 Å². The number of hydrogen-bond donors (Lipinski definition) is 1. The second-order valence-corrected chi connectivity index (χ2v) is 6.06. The van der Waals surface area contributed by atoms with E-state index in [1.54, 1.807) is 12.4 Å². The summed E-state index contributed by atoms with van der Waals surface area (Å²) in [4.78, 5) is 4.02. The third-order valence-corrected chi connectivity index (χ3v) is 4.74. The maximum atomic E-state index is 6.40. The number of pyridine rings is 1. The summed E-state index contributed by atoms with van der Waals surface area (Å²) in [7, 11) is 0. The first-order valence-electron chi connectivity index (χ1n) is 6.39. The van der Waals surface area contributed by atoms with Crippen LogP contribution in [0.1, 0.15) is 24.1 Å². The van der Waals surface area contributed by atoms with E-state index < -0.39 is 0 Å². The zero-order chi connectivity index (χ0) is 14.5. The Morgan fingerprint density at radius 2 is 2.10 bits per heavy atom. The molecule has 1 unspecified atom stereocenters. The van der Waals surface area contributed by atoms with Crippen molar-refractivity contribution >= 4 is 39.1 Å². The maximum Gasteiger partial charge on any atom is 0.0622 e. The molecule has 0 radical (unpaired) electrons. The third-order valence-electron chi connectivity index (χ3n) is 3.09. The van der Waals surface area contributed by atoms with E-state index in [-0.39, 0.29) is 6.04 Å². The molecular weight excluding hydrogens is 359 g/mol. The Balaban J connectivity index is 2.32. The van der Waals surface area contributed by atoms with Crippen molar-refractivity contribution in [2.75, 3.05) is 6.54 Å². The predicted molar refractivity (Wildman–Crippen MR) is 88.5 cm³/mol. The van der Waals surface area contributed by atoms with Crippen LogP contribution in [0, 0.1) is 0 Å². The highest BCUT2D eigenvalue weighted by Gasteiger charge is 2.17. The van der Waals surface area contributed by atoms with Gasteiger partial charge in [0.1, 0.15) is 0 Å². The monoisotopic (exact) mass is 372 g/mol. The van der Waals surface area contributed by atoms with Crippen molar-refractivity contribution in [3.05, 3.63) is 62.3 Å². The maximum absolute atomic E-state index is 6.40. The zero-order valence-corrected chi connectivity index (χ0v) is 14.1. The third kappa shape index (κ3) is 3.73. The number of benzene rings is 1. The molecule has 1 atom stereocenters. The zero-order valence-electron chi connectivity index (χ0n) is 11.0. The van der Waals surface area contributed by atoms with Gasteiger partial charge in [-0.2, -0.15) is 0 Å². The number of nitrogens with one attached hydrogen (secondary N) is 1. The average molecular weight is 374 g/mol. The Hall–Kier alpha value is -0.610. The van der Waals surface area contributed by atoms with Crippen LogP contribution in [-0.4, -0.2) is 11.5 Å². The van der Waals surface area contributed by atoms with Crippen molar-refractivity contribution in [2.24, 2.45) is 0 Å². The summed E-state index contributed by atoms with van der Waals surface area (Å²) in [5, 5.41) is 4.88. The molecule has 0 aliphatic heterocycles. The Kier molecular flexibility index (Phi) is 5.85. The van der Waals surface area contributed by atoms with Gasteiger partial charge in [0.05, 0.1) is 10.0 Å². The standard InChI is InChI=1S/C15H15BrCl2N2/c1-2-20-14(8-10-6-7-19-9-13(10)17)11-4-3-5-12(16)15(11)18/h3-7,9,14,20H,2,8H2,1H3. The average Bonchev–Trinajstić information content (AvgIpc) is 2.44. The highest BCUT2D eigenvalue weighted by Crippen LogP contribution is 2.32. The molecule has 2 aromatic rings. The van der Waals surface area contributed by atoms with Gasteiger partial charge in [-0.25, -0.2) is 0 Å². The lowest BCUT2D eigenvalue weighted by Crippen LogP contribution is -2.23. The quantitative estimate of drug-likeness (QED) is 0.793. The molecule has 1 aromatic heterocycles. The largest absolute Gasteiger partial charge is 0.310 e. The van der Waals surface area contributed by atoms with Crippen LogP contribution in [-0.2, 0) is 6.42 Å². The van der Waals surface area contributed by atoms with Crippen molar-refractivity contribution in [2.45, 2.75) is 19.4 Å². The van der Waals surface area contributed by atoms with Gasteiger partial charge in [0.2, 0.25) is 0 Å². The van der Waals surface area contributed by atoms with Crippen molar-refractivity contribution < 1.29 is 0 Å². The van der Waals surface area contributed by atoms with Crippen LogP contribution >= 0.6 is 39.1 Å². The molecule has 0 saturated carbocycles. The Morgan fingerprint density at radius 3 is 2.80 bits per heavy atom. The predicted octanol–water partition coefficient (Wildman–Crippen LogP) is 5.04.